The van der Waals surface area contributed by atoms with Crippen LogP contribution in [0.3, 0.4) is 0 Å². The highest BCUT2D eigenvalue weighted by atomic mass is 16.5. The molecule has 1 N–H and O–H groups in total. The normalized spacial score (nSPS) is 29.7. The van der Waals surface area contributed by atoms with Gasteiger partial charge in [-0.2, -0.15) is 0 Å². The van der Waals surface area contributed by atoms with Gasteiger partial charge in [0.2, 0.25) is 11.8 Å². The van der Waals surface area contributed by atoms with E-state index in [9.17, 15) is 14.7 Å². The zero-order valence-electron chi connectivity index (χ0n) is 18.9. The number of carbonyl (C=O) groups excluding carboxylic acids is 2. The zero-order chi connectivity index (χ0) is 22.5. The van der Waals surface area contributed by atoms with Crippen LogP contribution in [-0.2, 0) is 25.5 Å². The number of fused-ring (bicyclic) bond motifs is 1. The van der Waals surface area contributed by atoms with Crippen LogP contribution >= 0.6 is 0 Å². The molecule has 0 bridgehead atoms. The summed E-state index contributed by atoms with van der Waals surface area (Å²) in [5.74, 6) is 0.128. The number of carbonyl (C=O) groups is 2. The van der Waals surface area contributed by atoms with Crippen molar-refractivity contribution in [2.45, 2.75) is 50.0 Å². The molecule has 1 aromatic rings. The van der Waals surface area contributed by atoms with E-state index >= 15 is 0 Å². The fraction of sp³-hybridized carbons (Fsp3) is 0.667. The van der Waals surface area contributed by atoms with Crippen LogP contribution in [0.1, 0.15) is 24.8 Å². The highest BCUT2D eigenvalue weighted by molar-refractivity contribution is 5.79. The van der Waals surface area contributed by atoms with Crippen molar-refractivity contribution in [2.24, 2.45) is 0 Å². The molecular weight excluding hydrogens is 410 g/mol. The fourth-order valence-corrected chi connectivity index (χ4v) is 4.88. The first kappa shape index (κ1) is 23.2. The number of aliphatic hydroxyl groups is 1. The largest absolute Gasteiger partial charge is 0.389 e. The molecule has 32 heavy (non-hydrogen) atoms. The molecule has 3 fully saturated rings. The van der Waals surface area contributed by atoms with Crippen molar-refractivity contribution in [3.8, 4) is 0 Å². The minimum Gasteiger partial charge on any atom is -0.389 e. The minimum atomic E-state index is -0.716. The molecule has 0 spiro atoms. The standard InChI is InChI=1S/C24H35N3O5/c1-25-9-11-26(12-10-25)23(29)14-20-7-8-21-22(32-20)17-31-16-19(28)15-27(21)24(30)13-18-5-3-2-4-6-18/h2-6,19-22,28H,7-17H2,1H3/t19-,20-,21+,22-/m1/s1. The molecule has 0 unspecified atom stereocenters. The van der Waals surface area contributed by atoms with Crippen molar-refractivity contribution in [1.29, 1.82) is 0 Å². The topological polar surface area (TPSA) is 82.6 Å². The van der Waals surface area contributed by atoms with E-state index < -0.39 is 6.10 Å². The molecule has 1 aromatic carbocycles. The fourth-order valence-electron chi connectivity index (χ4n) is 4.88. The van der Waals surface area contributed by atoms with Gasteiger partial charge in [-0.15, -0.1) is 0 Å². The summed E-state index contributed by atoms with van der Waals surface area (Å²) in [5.41, 5.74) is 0.953. The number of aliphatic hydroxyl groups excluding tert-OH is 1. The monoisotopic (exact) mass is 445 g/mol. The van der Waals surface area contributed by atoms with Gasteiger partial charge in [0, 0.05) is 32.7 Å². The summed E-state index contributed by atoms with van der Waals surface area (Å²) < 4.78 is 12.0. The average Bonchev–Trinajstić information content (AvgIpc) is 2.78. The Balaban J connectivity index is 1.38. The first-order valence-electron chi connectivity index (χ1n) is 11.7. The summed E-state index contributed by atoms with van der Waals surface area (Å²) in [6.07, 6.45) is 0.945. The van der Waals surface area contributed by atoms with E-state index in [0.717, 1.165) is 38.2 Å². The number of benzene rings is 1. The summed E-state index contributed by atoms with van der Waals surface area (Å²) in [7, 11) is 2.07. The molecule has 8 nitrogen and oxygen atoms in total. The van der Waals surface area contributed by atoms with Crippen LogP contribution in [0.15, 0.2) is 30.3 Å². The number of nitrogens with zero attached hydrogens (tertiary/aromatic N) is 3. The van der Waals surface area contributed by atoms with Gasteiger partial charge in [-0.1, -0.05) is 30.3 Å². The highest BCUT2D eigenvalue weighted by Crippen LogP contribution is 2.28. The van der Waals surface area contributed by atoms with E-state index in [0.29, 0.717) is 25.9 Å². The Morgan fingerprint density at radius 1 is 1.03 bits per heavy atom. The van der Waals surface area contributed by atoms with E-state index in [4.69, 9.17) is 9.47 Å². The van der Waals surface area contributed by atoms with Crippen LogP contribution in [0, 0.1) is 0 Å². The van der Waals surface area contributed by atoms with Crippen LogP contribution in [0.4, 0.5) is 0 Å². The van der Waals surface area contributed by atoms with Gasteiger partial charge in [-0.3, -0.25) is 9.59 Å². The molecule has 3 aliphatic rings. The number of hydrogen-bond acceptors (Lipinski definition) is 6. The maximum Gasteiger partial charge on any atom is 0.227 e. The Kier molecular flexibility index (Phi) is 7.78. The second kappa shape index (κ2) is 10.7. The molecule has 3 aliphatic heterocycles. The number of hydrogen-bond donors (Lipinski definition) is 1. The van der Waals surface area contributed by atoms with Crippen molar-refractivity contribution >= 4 is 11.8 Å². The maximum absolute atomic E-state index is 13.2. The second-order valence-corrected chi connectivity index (χ2v) is 9.23. The predicted octanol–water partition coefficient (Wildman–Crippen LogP) is 0.529. The number of piperazine rings is 1. The third kappa shape index (κ3) is 5.86. The molecule has 3 saturated heterocycles. The molecule has 176 valence electrons. The Hall–Kier alpha value is -2.00. The molecule has 4 atom stereocenters. The Bertz CT molecular complexity index is 768. The third-order valence-electron chi connectivity index (χ3n) is 6.76. The molecule has 0 radical (unpaired) electrons. The molecule has 4 rings (SSSR count). The van der Waals surface area contributed by atoms with Gasteiger partial charge in [0.25, 0.3) is 0 Å². The summed E-state index contributed by atoms with van der Waals surface area (Å²) in [4.78, 5) is 31.9. The van der Waals surface area contributed by atoms with E-state index in [2.05, 4.69) is 11.9 Å². The zero-order valence-corrected chi connectivity index (χ0v) is 18.9. The van der Waals surface area contributed by atoms with Crippen LogP contribution in [0.2, 0.25) is 0 Å². The third-order valence-corrected chi connectivity index (χ3v) is 6.76. The molecule has 3 heterocycles. The van der Waals surface area contributed by atoms with Crippen LogP contribution < -0.4 is 0 Å². The van der Waals surface area contributed by atoms with E-state index in [1.54, 1.807) is 4.90 Å². The Morgan fingerprint density at radius 3 is 2.53 bits per heavy atom. The lowest BCUT2D eigenvalue weighted by Gasteiger charge is -2.44. The average molecular weight is 446 g/mol. The molecule has 0 saturated carbocycles. The van der Waals surface area contributed by atoms with Crippen molar-refractivity contribution in [2.75, 3.05) is 53.0 Å². The number of ether oxygens (including phenoxy) is 2. The van der Waals surface area contributed by atoms with Gasteiger partial charge in [-0.05, 0) is 25.5 Å². The van der Waals surface area contributed by atoms with Crippen LogP contribution in [0.5, 0.6) is 0 Å². The van der Waals surface area contributed by atoms with Crippen molar-refractivity contribution < 1.29 is 24.2 Å². The summed E-state index contributed by atoms with van der Waals surface area (Å²) >= 11 is 0. The number of amides is 2. The second-order valence-electron chi connectivity index (χ2n) is 9.23. The number of β-amino-alcohol motifs (C(OH)–C–C–N with tert-alkyl or cyclic N) is 1. The first-order chi connectivity index (χ1) is 15.5. The van der Waals surface area contributed by atoms with Gasteiger partial charge < -0.3 is 29.3 Å². The lowest BCUT2D eigenvalue weighted by atomic mass is 9.94. The summed E-state index contributed by atoms with van der Waals surface area (Å²) in [5, 5.41) is 10.3. The first-order valence-corrected chi connectivity index (χ1v) is 11.7. The maximum atomic E-state index is 13.2. The quantitative estimate of drug-likeness (QED) is 0.728. The van der Waals surface area contributed by atoms with Crippen LogP contribution in [-0.4, -0.2) is 109 Å². The minimum absolute atomic E-state index is 0.0114. The van der Waals surface area contributed by atoms with Crippen molar-refractivity contribution in [3.05, 3.63) is 35.9 Å². The lowest BCUT2D eigenvalue weighted by molar-refractivity contribution is -0.170. The van der Waals surface area contributed by atoms with Gasteiger partial charge >= 0.3 is 0 Å². The van der Waals surface area contributed by atoms with E-state index in [-0.39, 0.29) is 43.2 Å². The summed E-state index contributed by atoms with van der Waals surface area (Å²) in [6, 6.07) is 9.50. The SMILES string of the molecule is CN1CCN(C(=O)C[C@H]2CC[C@H]3[C@@H](COC[C@H](O)CN3C(=O)Cc3ccccc3)O2)CC1. The van der Waals surface area contributed by atoms with Crippen molar-refractivity contribution in [1.82, 2.24) is 14.7 Å². The van der Waals surface area contributed by atoms with Crippen LogP contribution in [0.25, 0.3) is 0 Å². The van der Waals surface area contributed by atoms with Gasteiger partial charge in [0.05, 0.1) is 44.3 Å². The van der Waals surface area contributed by atoms with E-state index in [1.807, 2.05) is 35.2 Å². The van der Waals surface area contributed by atoms with Gasteiger partial charge in [-0.25, -0.2) is 0 Å². The molecule has 0 aromatic heterocycles. The van der Waals surface area contributed by atoms with Crippen molar-refractivity contribution in [3.63, 3.8) is 0 Å². The Labute approximate surface area is 190 Å². The number of likely N-dealkylation sites (N-methyl/N-ethyl adjacent to an activating group) is 1. The van der Waals surface area contributed by atoms with Gasteiger partial charge in [0.15, 0.2) is 0 Å². The lowest BCUT2D eigenvalue weighted by Crippen LogP contribution is -2.58. The molecule has 0 aliphatic carbocycles. The highest BCUT2D eigenvalue weighted by Gasteiger charge is 2.40. The van der Waals surface area contributed by atoms with Gasteiger partial charge in [0.1, 0.15) is 6.10 Å². The summed E-state index contributed by atoms with van der Waals surface area (Å²) in [6.45, 7) is 4.05. The van der Waals surface area contributed by atoms with E-state index in [1.165, 1.54) is 0 Å². The molecule has 2 amide bonds. The number of rotatable bonds is 4. The predicted molar refractivity (Wildman–Crippen MR) is 119 cm³/mol. The molecular formula is C24H35N3O5. The molecule has 8 heteroatoms. The Morgan fingerprint density at radius 2 is 1.78 bits per heavy atom. The smallest absolute Gasteiger partial charge is 0.227 e.